The molecule has 0 radical (unpaired) electrons. The molecule has 2 rings (SSSR count). The van der Waals surface area contributed by atoms with Crippen LogP contribution in [0.4, 0.5) is 4.79 Å². The summed E-state index contributed by atoms with van der Waals surface area (Å²) in [5.41, 5.74) is 0.812. The molecule has 1 aliphatic rings. The molecule has 21 heavy (non-hydrogen) atoms. The van der Waals surface area contributed by atoms with Crippen LogP contribution in [0.1, 0.15) is 12.0 Å². The number of carboxylic acid groups (broad SMARTS) is 1. The van der Waals surface area contributed by atoms with E-state index in [1.807, 2.05) is 18.2 Å². The Hall–Kier alpha value is -2.02. The van der Waals surface area contributed by atoms with E-state index in [1.165, 1.54) is 11.8 Å². The van der Waals surface area contributed by atoms with Crippen LogP contribution in [0.2, 0.25) is 0 Å². The lowest BCUT2D eigenvalue weighted by Gasteiger charge is -2.15. The molecule has 1 aromatic rings. The van der Waals surface area contributed by atoms with Gasteiger partial charge in [-0.1, -0.05) is 30.3 Å². The fraction of sp³-hybridized carbons (Fsp3) is 0.357. The van der Waals surface area contributed by atoms with Gasteiger partial charge in [-0.25, -0.2) is 4.79 Å². The van der Waals surface area contributed by atoms with E-state index >= 15 is 0 Å². The van der Waals surface area contributed by atoms with Crippen LogP contribution in [-0.2, 0) is 20.9 Å². The number of thioether (sulfide) groups is 1. The Morgan fingerprint density at radius 3 is 2.57 bits per heavy atom. The summed E-state index contributed by atoms with van der Waals surface area (Å²) in [6.45, 7) is 0.0683. The highest BCUT2D eigenvalue weighted by Gasteiger charge is 2.37. The monoisotopic (exact) mass is 309 g/mol. The van der Waals surface area contributed by atoms with Crippen LogP contribution < -0.4 is 5.32 Å². The molecule has 1 aliphatic heterocycles. The van der Waals surface area contributed by atoms with Gasteiger partial charge in [0, 0.05) is 5.75 Å². The Bertz CT molecular complexity index is 529. The first-order valence-electron chi connectivity index (χ1n) is 6.40. The average Bonchev–Trinajstić information content (AvgIpc) is 3.29. The molecular weight excluding hydrogens is 294 g/mol. The first-order valence-corrected chi connectivity index (χ1v) is 7.45. The zero-order chi connectivity index (χ0) is 15.2. The topological polar surface area (TPSA) is 92.7 Å². The summed E-state index contributed by atoms with van der Waals surface area (Å²) in [7, 11) is 0. The van der Waals surface area contributed by atoms with Gasteiger partial charge >= 0.3 is 12.1 Å². The van der Waals surface area contributed by atoms with Crippen LogP contribution in [0.5, 0.6) is 0 Å². The Balaban J connectivity index is 1.85. The second kappa shape index (κ2) is 7.12. The SMILES string of the molecule is O=C(O)C[C@H](NC(=O)OCc1ccccc1)C(=O)C1CS1. The van der Waals surface area contributed by atoms with Crippen molar-refractivity contribution >= 4 is 29.6 Å². The minimum atomic E-state index is -1.14. The predicted molar refractivity (Wildman–Crippen MR) is 77.1 cm³/mol. The van der Waals surface area contributed by atoms with E-state index < -0.39 is 24.5 Å². The summed E-state index contributed by atoms with van der Waals surface area (Å²) < 4.78 is 4.99. The van der Waals surface area contributed by atoms with Crippen LogP contribution in [0.15, 0.2) is 30.3 Å². The zero-order valence-electron chi connectivity index (χ0n) is 11.2. The molecule has 7 heteroatoms. The maximum atomic E-state index is 11.9. The molecule has 0 aliphatic carbocycles. The molecular formula is C14H15NO5S. The van der Waals surface area contributed by atoms with Crippen LogP contribution in [0.25, 0.3) is 0 Å². The summed E-state index contributed by atoms with van der Waals surface area (Å²) in [6, 6.07) is 8.04. The minimum Gasteiger partial charge on any atom is -0.481 e. The molecule has 2 atom stereocenters. The Morgan fingerprint density at radius 2 is 2.00 bits per heavy atom. The van der Waals surface area contributed by atoms with Gasteiger partial charge in [-0.3, -0.25) is 9.59 Å². The van der Waals surface area contributed by atoms with Crippen molar-refractivity contribution in [3.8, 4) is 0 Å². The highest BCUT2D eigenvalue weighted by molar-refractivity contribution is 8.07. The van der Waals surface area contributed by atoms with Crippen molar-refractivity contribution in [1.29, 1.82) is 0 Å². The molecule has 112 valence electrons. The summed E-state index contributed by atoms with van der Waals surface area (Å²) in [5.74, 6) is -0.725. The molecule has 6 nitrogen and oxygen atoms in total. The van der Waals surface area contributed by atoms with Gasteiger partial charge in [0.05, 0.1) is 11.7 Å². The van der Waals surface area contributed by atoms with Crippen LogP contribution in [0.3, 0.4) is 0 Å². The minimum absolute atomic E-state index is 0.0683. The molecule has 1 heterocycles. The number of benzene rings is 1. The fourth-order valence-electron chi connectivity index (χ4n) is 1.74. The second-order valence-corrected chi connectivity index (χ2v) is 5.82. The summed E-state index contributed by atoms with van der Waals surface area (Å²) in [5, 5.41) is 10.9. The standard InChI is InChI=1S/C14H15NO5S/c16-12(17)6-10(13(18)11-8-21-11)15-14(19)20-7-9-4-2-1-3-5-9/h1-5,10-11H,6-8H2,(H,15,19)(H,16,17)/t10-,11?/m0/s1. The number of nitrogens with one attached hydrogen (secondary N) is 1. The summed E-state index contributed by atoms with van der Waals surface area (Å²) in [4.78, 5) is 34.3. The second-order valence-electron chi connectivity index (χ2n) is 4.58. The van der Waals surface area contributed by atoms with Gasteiger partial charge < -0.3 is 15.2 Å². The van der Waals surface area contributed by atoms with Gasteiger partial charge in [0.2, 0.25) is 0 Å². The number of carbonyl (C=O) groups is 3. The molecule has 0 spiro atoms. The Morgan fingerprint density at radius 1 is 1.33 bits per heavy atom. The number of hydrogen-bond acceptors (Lipinski definition) is 5. The third kappa shape index (κ3) is 5.11. The normalized spacial score (nSPS) is 17.6. The maximum Gasteiger partial charge on any atom is 0.408 e. The molecule has 1 fully saturated rings. The number of carboxylic acids is 1. The predicted octanol–water partition coefficient (Wildman–Crippen LogP) is 1.44. The fourth-order valence-corrected chi connectivity index (χ4v) is 2.33. The zero-order valence-corrected chi connectivity index (χ0v) is 12.0. The third-order valence-corrected chi connectivity index (χ3v) is 3.78. The van der Waals surface area contributed by atoms with Crippen molar-refractivity contribution in [3.63, 3.8) is 0 Å². The third-order valence-electron chi connectivity index (χ3n) is 2.88. The van der Waals surface area contributed by atoms with Gasteiger partial charge in [0.1, 0.15) is 12.6 Å². The highest BCUT2D eigenvalue weighted by atomic mass is 32.2. The lowest BCUT2D eigenvalue weighted by Crippen LogP contribution is -2.44. The number of ketones is 1. The molecule has 0 aromatic heterocycles. The van der Waals surface area contributed by atoms with E-state index in [0.717, 1.165) is 5.56 Å². The highest BCUT2D eigenvalue weighted by Crippen LogP contribution is 2.32. The van der Waals surface area contributed by atoms with E-state index in [-0.39, 0.29) is 17.6 Å². The van der Waals surface area contributed by atoms with Crippen molar-refractivity contribution in [1.82, 2.24) is 5.32 Å². The van der Waals surface area contributed by atoms with E-state index in [0.29, 0.717) is 5.75 Å². The van der Waals surface area contributed by atoms with E-state index in [2.05, 4.69) is 5.32 Å². The Kier molecular flexibility index (Phi) is 5.21. The summed E-state index contributed by atoms with van der Waals surface area (Å²) in [6.07, 6.45) is -1.22. The quantitative estimate of drug-likeness (QED) is 0.740. The van der Waals surface area contributed by atoms with Gasteiger partial charge in [0.25, 0.3) is 0 Å². The molecule has 0 bridgehead atoms. The lowest BCUT2D eigenvalue weighted by molar-refractivity contribution is -0.139. The van der Waals surface area contributed by atoms with Crippen LogP contribution in [-0.4, -0.2) is 40.0 Å². The molecule has 1 amide bonds. The van der Waals surface area contributed by atoms with Gasteiger partial charge in [-0.05, 0) is 5.56 Å². The molecule has 1 aromatic carbocycles. The number of rotatable bonds is 7. The van der Waals surface area contributed by atoms with Crippen LogP contribution in [0, 0.1) is 0 Å². The van der Waals surface area contributed by atoms with E-state index in [1.54, 1.807) is 12.1 Å². The molecule has 2 N–H and O–H groups in total. The summed E-state index contributed by atoms with van der Waals surface area (Å²) >= 11 is 1.43. The number of ether oxygens (including phenoxy) is 1. The lowest BCUT2D eigenvalue weighted by atomic mass is 10.1. The largest absolute Gasteiger partial charge is 0.481 e. The number of carbonyl (C=O) groups excluding carboxylic acids is 2. The average molecular weight is 309 g/mol. The molecule has 0 saturated carbocycles. The Labute approximate surface area is 125 Å². The van der Waals surface area contributed by atoms with Crippen molar-refractivity contribution in [3.05, 3.63) is 35.9 Å². The van der Waals surface area contributed by atoms with Gasteiger partial charge in [-0.15, -0.1) is 11.8 Å². The van der Waals surface area contributed by atoms with Gasteiger partial charge in [-0.2, -0.15) is 0 Å². The van der Waals surface area contributed by atoms with Crippen molar-refractivity contribution < 1.29 is 24.2 Å². The van der Waals surface area contributed by atoms with E-state index in [4.69, 9.17) is 9.84 Å². The first-order chi connectivity index (χ1) is 10.1. The maximum absolute atomic E-state index is 11.9. The van der Waals surface area contributed by atoms with Crippen molar-refractivity contribution in [2.45, 2.75) is 24.3 Å². The van der Waals surface area contributed by atoms with Crippen LogP contribution >= 0.6 is 11.8 Å². The number of hydrogen-bond donors (Lipinski definition) is 2. The number of Topliss-reactive ketones (excluding diaryl/α,β-unsaturated/α-hetero) is 1. The molecule has 1 saturated heterocycles. The molecule has 1 unspecified atom stereocenters. The smallest absolute Gasteiger partial charge is 0.408 e. The number of alkyl carbamates (subject to hydrolysis) is 1. The van der Waals surface area contributed by atoms with Crippen molar-refractivity contribution in [2.24, 2.45) is 0 Å². The number of aliphatic carboxylic acids is 1. The number of amides is 1. The van der Waals surface area contributed by atoms with Gasteiger partial charge in [0.15, 0.2) is 5.78 Å². The first kappa shape index (κ1) is 15.4. The van der Waals surface area contributed by atoms with Crippen molar-refractivity contribution in [2.75, 3.05) is 5.75 Å². The van der Waals surface area contributed by atoms with E-state index in [9.17, 15) is 14.4 Å².